The van der Waals surface area contributed by atoms with E-state index in [0.29, 0.717) is 0 Å². The number of aromatic nitrogens is 2. The Morgan fingerprint density at radius 3 is 2.95 bits per heavy atom. The number of aryl methyl sites for hydroxylation is 1. The molecule has 1 saturated heterocycles. The summed E-state index contributed by atoms with van der Waals surface area (Å²) < 4.78 is 0.941. The minimum atomic E-state index is -0.234. The van der Waals surface area contributed by atoms with E-state index < -0.39 is 0 Å². The molecule has 1 unspecified atom stereocenters. The summed E-state index contributed by atoms with van der Waals surface area (Å²) in [7, 11) is 1.62. The van der Waals surface area contributed by atoms with Crippen molar-refractivity contribution < 1.29 is 9.59 Å². The fraction of sp³-hybridized carbons (Fsp3) is 0.571. The smallest absolute Gasteiger partial charge is 0.246 e. The maximum absolute atomic E-state index is 12.4. The molecule has 1 atom stereocenters. The maximum Gasteiger partial charge on any atom is 0.246 e. The zero-order valence-corrected chi connectivity index (χ0v) is 14.5. The van der Waals surface area contributed by atoms with Crippen molar-refractivity contribution in [2.45, 2.75) is 30.1 Å². The van der Waals surface area contributed by atoms with Crippen LogP contribution < -0.4 is 0 Å². The fourth-order valence-electron chi connectivity index (χ4n) is 2.37. The lowest BCUT2D eigenvalue weighted by Crippen LogP contribution is -2.43. The molecule has 1 aliphatic heterocycles. The highest BCUT2D eigenvalue weighted by molar-refractivity contribution is 8.01. The molecule has 0 aliphatic carbocycles. The van der Waals surface area contributed by atoms with Crippen LogP contribution in [-0.4, -0.2) is 63.7 Å². The number of amides is 2. The Balaban J connectivity index is 1.88. The van der Waals surface area contributed by atoms with Crippen LogP contribution in [0.3, 0.4) is 0 Å². The van der Waals surface area contributed by atoms with Gasteiger partial charge >= 0.3 is 0 Å². The number of likely N-dealkylation sites (N-methyl/N-ethyl adjacent to an activating group) is 1. The molecule has 0 N–H and O–H groups in total. The minimum Gasteiger partial charge on any atom is -0.337 e. The summed E-state index contributed by atoms with van der Waals surface area (Å²) in [6.07, 6.45) is 3.23. The van der Waals surface area contributed by atoms with Crippen LogP contribution in [0.15, 0.2) is 17.0 Å². The lowest BCUT2D eigenvalue weighted by atomic mass is 10.2. The van der Waals surface area contributed by atoms with Crippen molar-refractivity contribution in [3.8, 4) is 0 Å². The van der Waals surface area contributed by atoms with E-state index in [9.17, 15) is 9.59 Å². The Kier molecular flexibility index (Phi) is 5.96. The van der Waals surface area contributed by atoms with Crippen molar-refractivity contribution in [1.29, 1.82) is 0 Å². The number of hydrogen-bond acceptors (Lipinski definition) is 6. The first-order valence-electron chi connectivity index (χ1n) is 7.11. The molecule has 0 saturated carbocycles. The molecule has 8 heteroatoms. The van der Waals surface area contributed by atoms with Gasteiger partial charge in [-0.1, -0.05) is 29.7 Å². The molecule has 1 aromatic heterocycles. The molecule has 0 aromatic carbocycles. The molecule has 2 amide bonds. The van der Waals surface area contributed by atoms with Gasteiger partial charge in [0.25, 0.3) is 0 Å². The van der Waals surface area contributed by atoms with Gasteiger partial charge in [0, 0.05) is 25.4 Å². The number of hydrogen-bond donors (Lipinski definition) is 0. The van der Waals surface area contributed by atoms with Crippen molar-refractivity contribution in [2.24, 2.45) is 0 Å². The maximum atomic E-state index is 12.4. The molecule has 22 heavy (non-hydrogen) atoms. The van der Waals surface area contributed by atoms with Crippen molar-refractivity contribution in [2.75, 3.05) is 25.9 Å². The van der Waals surface area contributed by atoms with E-state index in [2.05, 4.69) is 16.8 Å². The van der Waals surface area contributed by atoms with Crippen LogP contribution >= 0.6 is 23.1 Å². The zero-order valence-electron chi connectivity index (χ0n) is 12.8. The summed E-state index contributed by atoms with van der Waals surface area (Å²) in [4.78, 5) is 27.1. The Morgan fingerprint density at radius 1 is 1.55 bits per heavy atom. The summed E-state index contributed by atoms with van der Waals surface area (Å²) in [5.74, 6) is 0.580. The molecule has 1 aromatic rings. The van der Waals surface area contributed by atoms with Crippen molar-refractivity contribution in [1.82, 2.24) is 20.0 Å². The highest BCUT2D eigenvalue weighted by atomic mass is 32.2. The third-order valence-electron chi connectivity index (χ3n) is 3.53. The van der Waals surface area contributed by atoms with Gasteiger partial charge in [-0.3, -0.25) is 9.59 Å². The van der Waals surface area contributed by atoms with Gasteiger partial charge in [0.15, 0.2) is 4.34 Å². The van der Waals surface area contributed by atoms with Gasteiger partial charge in [-0.05, 0) is 25.8 Å². The molecule has 120 valence electrons. The van der Waals surface area contributed by atoms with Crippen molar-refractivity contribution in [3.63, 3.8) is 0 Å². The van der Waals surface area contributed by atoms with Gasteiger partial charge < -0.3 is 9.80 Å². The summed E-state index contributed by atoms with van der Waals surface area (Å²) in [5, 5.41) is 9.04. The topological polar surface area (TPSA) is 66.4 Å². The van der Waals surface area contributed by atoms with Gasteiger partial charge in [0.2, 0.25) is 11.8 Å². The second-order valence-corrected chi connectivity index (χ2v) is 7.63. The molecule has 0 radical (unpaired) electrons. The standard InChI is InChI=1S/C14H20N4O2S2/c1-4-12(19)17(3)8-13(20)18-7-5-6-11(18)9-21-14-16-15-10(2)22-14/h4,11H,1,5-9H2,2-3H3. The normalized spacial score (nSPS) is 17.5. The average Bonchev–Trinajstić information content (AvgIpc) is 3.12. The first-order valence-corrected chi connectivity index (χ1v) is 8.91. The summed E-state index contributed by atoms with van der Waals surface area (Å²) in [6.45, 7) is 6.23. The van der Waals surface area contributed by atoms with E-state index >= 15 is 0 Å². The Morgan fingerprint density at radius 2 is 2.32 bits per heavy atom. The van der Waals surface area contributed by atoms with Crippen LogP contribution in [0.5, 0.6) is 0 Å². The van der Waals surface area contributed by atoms with Gasteiger partial charge in [-0.2, -0.15) is 0 Å². The molecule has 6 nitrogen and oxygen atoms in total. The van der Waals surface area contributed by atoms with Crippen LogP contribution in [0.1, 0.15) is 17.8 Å². The largest absolute Gasteiger partial charge is 0.337 e. The van der Waals surface area contributed by atoms with Crippen LogP contribution in [0.2, 0.25) is 0 Å². The summed E-state index contributed by atoms with van der Waals surface area (Å²) in [5.41, 5.74) is 0. The molecular formula is C14H20N4O2S2. The van der Waals surface area contributed by atoms with Gasteiger partial charge in [0.05, 0.1) is 6.54 Å². The van der Waals surface area contributed by atoms with E-state index in [1.165, 1.54) is 11.0 Å². The quantitative estimate of drug-likeness (QED) is 0.581. The van der Waals surface area contributed by atoms with Crippen LogP contribution in [0.4, 0.5) is 0 Å². The highest BCUT2D eigenvalue weighted by Crippen LogP contribution is 2.27. The van der Waals surface area contributed by atoms with Crippen molar-refractivity contribution in [3.05, 3.63) is 17.7 Å². The van der Waals surface area contributed by atoms with E-state index in [1.54, 1.807) is 30.1 Å². The monoisotopic (exact) mass is 340 g/mol. The Labute approximate surface area is 138 Å². The molecule has 0 spiro atoms. The number of thioether (sulfide) groups is 1. The molecule has 2 heterocycles. The Hall–Kier alpha value is -1.41. The number of carbonyl (C=O) groups excluding carboxylic acids is 2. The highest BCUT2D eigenvalue weighted by Gasteiger charge is 2.29. The van der Waals surface area contributed by atoms with Gasteiger partial charge in [-0.15, -0.1) is 10.2 Å². The van der Waals surface area contributed by atoms with Crippen LogP contribution in [0, 0.1) is 6.92 Å². The van der Waals surface area contributed by atoms with Crippen molar-refractivity contribution >= 4 is 34.9 Å². The molecule has 1 fully saturated rings. The number of carbonyl (C=O) groups is 2. The predicted octanol–water partition coefficient (Wildman–Crippen LogP) is 1.57. The SMILES string of the molecule is C=CC(=O)N(C)CC(=O)N1CCCC1CSc1nnc(C)s1. The molecule has 0 bridgehead atoms. The number of rotatable bonds is 6. The zero-order chi connectivity index (χ0) is 16.1. The third-order valence-corrected chi connectivity index (χ3v) is 5.64. The van der Waals surface area contributed by atoms with Crippen LogP contribution in [-0.2, 0) is 9.59 Å². The second-order valence-electron chi connectivity index (χ2n) is 5.18. The molecular weight excluding hydrogens is 320 g/mol. The number of nitrogens with zero attached hydrogens (tertiary/aromatic N) is 4. The minimum absolute atomic E-state index is 0.00533. The second kappa shape index (κ2) is 7.73. The third kappa shape index (κ3) is 4.30. The van der Waals surface area contributed by atoms with E-state index in [4.69, 9.17) is 0 Å². The van der Waals surface area contributed by atoms with E-state index in [1.807, 2.05) is 11.8 Å². The first kappa shape index (κ1) is 17.0. The van der Waals surface area contributed by atoms with Crippen LogP contribution in [0.25, 0.3) is 0 Å². The first-order chi connectivity index (χ1) is 10.5. The van der Waals surface area contributed by atoms with Gasteiger partial charge in [-0.25, -0.2) is 0 Å². The van der Waals surface area contributed by atoms with Gasteiger partial charge in [0.1, 0.15) is 5.01 Å². The average molecular weight is 340 g/mol. The Bertz CT molecular complexity index is 561. The summed E-state index contributed by atoms with van der Waals surface area (Å²) >= 11 is 3.22. The summed E-state index contributed by atoms with van der Waals surface area (Å²) in [6, 6.07) is 0.203. The van der Waals surface area contributed by atoms with E-state index in [-0.39, 0.29) is 24.4 Å². The fourth-order valence-corrected chi connectivity index (χ4v) is 4.37. The number of likely N-dealkylation sites (tertiary alicyclic amines) is 1. The molecule has 2 rings (SSSR count). The molecule has 1 aliphatic rings. The lowest BCUT2D eigenvalue weighted by molar-refractivity contribution is -0.137. The predicted molar refractivity (Wildman–Crippen MR) is 87.9 cm³/mol. The lowest BCUT2D eigenvalue weighted by Gasteiger charge is -2.26. The van der Waals surface area contributed by atoms with E-state index in [0.717, 1.165) is 34.5 Å².